The van der Waals surface area contributed by atoms with Crippen molar-refractivity contribution in [3.63, 3.8) is 0 Å². The third-order valence-corrected chi connectivity index (χ3v) is 6.39. The highest BCUT2D eigenvalue weighted by atomic mass is 32.1. The Morgan fingerprint density at radius 2 is 2.21 bits per heavy atom. The number of hydrogen-bond acceptors (Lipinski definition) is 4. The molecule has 2 aromatic rings. The largest absolute Gasteiger partial charge is 0.480 e. The molecule has 0 radical (unpaired) electrons. The summed E-state index contributed by atoms with van der Waals surface area (Å²) in [5, 5.41) is 9.99. The highest BCUT2D eigenvalue weighted by molar-refractivity contribution is 7.18. The fourth-order valence-corrected chi connectivity index (χ4v) is 4.89. The van der Waals surface area contributed by atoms with Crippen LogP contribution in [0.3, 0.4) is 0 Å². The molecular weight excluding hydrogens is 324 g/mol. The summed E-state index contributed by atoms with van der Waals surface area (Å²) in [7, 11) is 0. The lowest BCUT2D eigenvalue weighted by atomic mass is 9.72. The predicted octanol–water partition coefficient (Wildman–Crippen LogP) is 3.64. The fraction of sp³-hybridized carbons (Fsp3) is 0.611. The van der Waals surface area contributed by atoms with E-state index >= 15 is 0 Å². The maximum atomic E-state index is 12.9. The molecule has 0 fully saturated rings. The van der Waals surface area contributed by atoms with E-state index < -0.39 is 12.0 Å². The summed E-state index contributed by atoms with van der Waals surface area (Å²) < 4.78 is 1.29. The Balaban J connectivity index is 2.11. The van der Waals surface area contributed by atoms with Gasteiger partial charge in [0.15, 0.2) is 0 Å². The summed E-state index contributed by atoms with van der Waals surface area (Å²) in [5.74, 6) is -0.389. The van der Waals surface area contributed by atoms with E-state index in [1.165, 1.54) is 15.8 Å². The minimum Gasteiger partial charge on any atom is -0.480 e. The number of carboxylic acid groups (broad SMARTS) is 1. The van der Waals surface area contributed by atoms with Crippen LogP contribution in [0.2, 0.25) is 0 Å². The molecule has 1 N–H and O–H groups in total. The van der Waals surface area contributed by atoms with Crippen LogP contribution in [0, 0.1) is 11.3 Å². The van der Waals surface area contributed by atoms with Gasteiger partial charge in [-0.25, -0.2) is 9.78 Å². The van der Waals surface area contributed by atoms with Gasteiger partial charge in [-0.15, -0.1) is 11.3 Å². The molecule has 0 spiro atoms. The van der Waals surface area contributed by atoms with Crippen LogP contribution in [-0.2, 0) is 17.6 Å². The number of carboxylic acids is 1. The Kier molecular flexibility index (Phi) is 4.28. The van der Waals surface area contributed by atoms with Crippen LogP contribution in [0.25, 0.3) is 10.2 Å². The minimum absolute atomic E-state index is 0.207. The molecule has 0 saturated heterocycles. The van der Waals surface area contributed by atoms with Gasteiger partial charge in [0, 0.05) is 4.88 Å². The lowest BCUT2D eigenvalue weighted by molar-refractivity contribution is -0.141. The zero-order valence-electron chi connectivity index (χ0n) is 14.6. The van der Waals surface area contributed by atoms with Crippen LogP contribution in [0.15, 0.2) is 11.1 Å². The Labute approximate surface area is 145 Å². The number of hydrogen-bond donors (Lipinski definition) is 1. The SMILES string of the molecule is CCC(C(=O)O)n1cnc2sc3c(c2c1=O)CCC(C(C)(C)C)C3. The molecule has 1 aliphatic rings. The fourth-order valence-electron chi connectivity index (χ4n) is 3.63. The molecule has 3 rings (SSSR count). The molecule has 2 heterocycles. The van der Waals surface area contributed by atoms with E-state index in [2.05, 4.69) is 25.8 Å². The number of aryl methyl sites for hydroxylation is 1. The van der Waals surface area contributed by atoms with Crippen molar-refractivity contribution in [3.05, 3.63) is 27.1 Å². The molecule has 0 aliphatic heterocycles. The topological polar surface area (TPSA) is 72.2 Å². The predicted molar refractivity (Wildman–Crippen MR) is 95.8 cm³/mol. The van der Waals surface area contributed by atoms with Crippen molar-refractivity contribution in [1.29, 1.82) is 0 Å². The number of rotatable bonds is 3. The molecule has 24 heavy (non-hydrogen) atoms. The van der Waals surface area contributed by atoms with Crippen LogP contribution in [0.4, 0.5) is 0 Å². The molecule has 0 amide bonds. The first-order valence-electron chi connectivity index (χ1n) is 8.48. The van der Waals surface area contributed by atoms with Crippen LogP contribution in [0.5, 0.6) is 0 Å². The van der Waals surface area contributed by atoms with E-state index in [0.29, 0.717) is 17.7 Å². The molecular formula is C18H24N2O3S. The quantitative estimate of drug-likeness (QED) is 0.919. The van der Waals surface area contributed by atoms with E-state index in [9.17, 15) is 14.7 Å². The summed E-state index contributed by atoms with van der Waals surface area (Å²) in [5.41, 5.74) is 1.14. The number of carbonyl (C=O) groups is 1. The van der Waals surface area contributed by atoms with Gasteiger partial charge in [0.05, 0.1) is 11.7 Å². The third kappa shape index (κ3) is 2.77. The first kappa shape index (κ1) is 17.1. The Hall–Kier alpha value is -1.69. The third-order valence-electron chi connectivity index (χ3n) is 5.23. The van der Waals surface area contributed by atoms with Gasteiger partial charge in [-0.05, 0) is 42.6 Å². The molecule has 0 saturated carbocycles. The Morgan fingerprint density at radius 1 is 1.50 bits per heavy atom. The number of fused-ring (bicyclic) bond motifs is 3. The summed E-state index contributed by atoms with van der Waals surface area (Å²) >= 11 is 1.60. The lowest BCUT2D eigenvalue weighted by Crippen LogP contribution is -2.30. The van der Waals surface area contributed by atoms with Crippen molar-refractivity contribution in [2.75, 3.05) is 0 Å². The van der Waals surface area contributed by atoms with Gasteiger partial charge in [-0.1, -0.05) is 27.7 Å². The van der Waals surface area contributed by atoms with Crippen LogP contribution >= 0.6 is 11.3 Å². The first-order chi connectivity index (χ1) is 11.2. The molecule has 130 valence electrons. The van der Waals surface area contributed by atoms with E-state index in [0.717, 1.165) is 29.7 Å². The normalized spacial score (nSPS) is 19.2. The van der Waals surface area contributed by atoms with Crippen molar-refractivity contribution in [1.82, 2.24) is 9.55 Å². The maximum absolute atomic E-state index is 12.9. The lowest BCUT2D eigenvalue weighted by Gasteiger charge is -2.33. The number of nitrogens with zero attached hydrogens (tertiary/aromatic N) is 2. The van der Waals surface area contributed by atoms with Gasteiger partial charge in [0.1, 0.15) is 10.9 Å². The average molecular weight is 348 g/mol. The molecule has 5 nitrogen and oxygen atoms in total. The van der Waals surface area contributed by atoms with Crippen LogP contribution in [-0.4, -0.2) is 20.6 Å². The first-order valence-corrected chi connectivity index (χ1v) is 9.29. The van der Waals surface area contributed by atoms with Gasteiger partial charge < -0.3 is 5.11 Å². The second-order valence-corrected chi connectivity index (χ2v) is 8.79. The molecule has 1 aliphatic carbocycles. The minimum atomic E-state index is -0.988. The van der Waals surface area contributed by atoms with E-state index in [-0.39, 0.29) is 11.0 Å². The van der Waals surface area contributed by atoms with Gasteiger partial charge in [-0.3, -0.25) is 9.36 Å². The molecule has 6 heteroatoms. The van der Waals surface area contributed by atoms with Gasteiger partial charge >= 0.3 is 5.97 Å². The second-order valence-electron chi connectivity index (χ2n) is 7.71. The average Bonchev–Trinajstić information content (AvgIpc) is 2.87. The molecule has 2 unspecified atom stereocenters. The van der Waals surface area contributed by atoms with E-state index in [4.69, 9.17) is 0 Å². The number of aliphatic carboxylic acids is 1. The highest BCUT2D eigenvalue weighted by Crippen LogP contribution is 2.42. The molecule has 2 aromatic heterocycles. The van der Waals surface area contributed by atoms with Crippen molar-refractivity contribution >= 4 is 27.5 Å². The van der Waals surface area contributed by atoms with E-state index in [1.807, 2.05) is 0 Å². The number of aromatic nitrogens is 2. The van der Waals surface area contributed by atoms with Crippen molar-refractivity contribution in [2.24, 2.45) is 11.3 Å². The summed E-state index contributed by atoms with van der Waals surface area (Å²) in [6, 6.07) is -0.851. The summed E-state index contributed by atoms with van der Waals surface area (Å²) in [6.45, 7) is 8.56. The van der Waals surface area contributed by atoms with Gasteiger partial charge in [0.2, 0.25) is 0 Å². The molecule has 0 bridgehead atoms. The van der Waals surface area contributed by atoms with Crippen LogP contribution in [0.1, 0.15) is 57.0 Å². The van der Waals surface area contributed by atoms with Crippen molar-refractivity contribution in [3.8, 4) is 0 Å². The standard InChI is InChI=1S/C18H24N2O3S/c1-5-12(17(22)23)20-9-19-15-14(16(20)21)11-7-6-10(18(2,3)4)8-13(11)24-15/h9-10,12H,5-8H2,1-4H3,(H,22,23). The Morgan fingerprint density at radius 3 is 2.79 bits per heavy atom. The summed E-state index contributed by atoms with van der Waals surface area (Å²) in [4.78, 5) is 30.7. The van der Waals surface area contributed by atoms with Gasteiger partial charge in [-0.2, -0.15) is 0 Å². The van der Waals surface area contributed by atoms with Gasteiger partial charge in [0.25, 0.3) is 5.56 Å². The zero-order chi connectivity index (χ0) is 17.6. The molecule has 2 atom stereocenters. The number of thiophene rings is 1. The smallest absolute Gasteiger partial charge is 0.326 e. The summed E-state index contributed by atoms with van der Waals surface area (Å²) in [6.07, 6.45) is 4.68. The van der Waals surface area contributed by atoms with Crippen LogP contribution < -0.4 is 5.56 Å². The molecule has 0 aromatic carbocycles. The maximum Gasteiger partial charge on any atom is 0.326 e. The highest BCUT2D eigenvalue weighted by Gasteiger charge is 2.32. The van der Waals surface area contributed by atoms with Crippen molar-refractivity contribution < 1.29 is 9.90 Å². The monoisotopic (exact) mass is 348 g/mol. The Bertz CT molecular complexity index is 844. The second kappa shape index (κ2) is 5.99. The van der Waals surface area contributed by atoms with E-state index in [1.54, 1.807) is 18.3 Å². The zero-order valence-corrected chi connectivity index (χ0v) is 15.4. The van der Waals surface area contributed by atoms with Crippen molar-refractivity contribution in [2.45, 2.75) is 59.4 Å².